The molecule has 0 aromatic rings. The number of Topliss-reactive ketones (excluding diaryl/α,β-unsaturated/α-hetero) is 1. The van der Waals surface area contributed by atoms with Crippen LogP contribution in [0.2, 0.25) is 0 Å². The summed E-state index contributed by atoms with van der Waals surface area (Å²) in [5.74, 6) is -1.78. The molecule has 8 nitrogen and oxygen atoms in total. The molecule has 1 aliphatic heterocycles. The first-order valence-electron chi connectivity index (χ1n) is 5.28. The third-order valence-electron chi connectivity index (χ3n) is 2.86. The predicted molar refractivity (Wildman–Crippen MR) is 55.2 cm³/mol. The second-order valence-corrected chi connectivity index (χ2v) is 4.08. The minimum Gasteiger partial charge on any atom is -0.445 e. The summed E-state index contributed by atoms with van der Waals surface area (Å²) in [4.78, 5) is 22.7. The summed E-state index contributed by atoms with van der Waals surface area (Å²) in [6.45, 7) is 1.25. The Kier molecular flexibility index (Phi) is 4.41. The normalized spacial score (nSPS) is 40.3. The van der Waals surface area contributed by atoms with Gasteiger partial charge in [0.2, 0.25) is 5.60 Å². The molecule has 1 rings (SSSR count). The summed E-state index contributed by atoms with van der Waals surface area (Å²) < 4.78 is 9.44. The van der Waals surface area contributed by atoms with Gasteiger partial charge >= 0.3 is 5.97 Å². The molecule has 18 heavy (non-hydrogen) atoms. The fourth-order valence-corrected chi connectivity index (χ4v) is 1.98. The third kappa shape index (κ3) is 2.25. The van der Waals surface area contributed by atoms with Crippen molar-refractivity contribution in [2.24, 2.45) is 0 Å². The molecule has 5 atom stereocenters. The van der Waals surface area contributed by atoms with Gasteiger partial charge in [-0.3, -0.25) is 9.59 Å². The quantitative estimate of drug-likeness (QED) is 0.405. The minimum absolute atomic E-state index is 0.721. The molecule has 0 amide bonds. The van der Waals surface area contributed by atoms with Gasteiger partial charge in [0.15, 0.2) is 18.2 Å². The largest absolute Gasteiger partial charge is 0.445 e. The molecule has 1 aliphatic rings. The Morgan fingerprint density at radius 2 is 1.78 bits per heavy atom. The highest BCUT2D eigenvalue weighted by molar-refractivity contribution is 5.89. The Bertz CT molecular complexity index is 343. The van der Waals surface area contributed by atoms with Gasteiger partial charge in [-0.25, -0.2) is 0 Å². The van der Waals surface area contributed by atoms with Crippen molar-refractivity contribution in [2.45, 2.75) is 44.1 Å². The molecule has 1 heterocycles. The van der Waals surface area contributed by atoms with Gasteiger partial charge in [0.1, 0.15) is 12.2 Å². The van der Waals surface area contributed by atoms with E-state index in [9.17, 15) is 24.9 Å². The van der Waals surface area contributed by atoms with Crippen LogP contribution in [0.1, 0.15) is 13.8 Å². The van der Waals surface area contributed by atoms with Crippen molar-refractivity contribution in [2.75, 3.05) is 6.61 Å². The smallest absolute Gasteiger partial charge is 0.303 e. The molecule has 8 heteroatoms. The molecule has 0 radical (unpaired) electrons. The average molecular weight is 264 g/mol. The average Bonchev–Trinajstić information content (AvgIpc) is 2.28. The highest BCUT2D eigenvalue weighted by atomic mass is 16.7. The summed E-state index contributed by atoms with van der Waals surface area (Å²) >= 11 is 0. The van der Waals surface area contributed by atoms with Gasteiger partial charge < -0.3 is 29.9 Å². The molecule has 0 aromatic carbocycles. The van der Waals surface area contributed by atoms with Crippen molar-refractivity contribution in [3.63, 3.8) is 0 Å². The van der Waals surface area contributed by atoms with Crippen LogP contribution in [-0.4, -0.2) is 69.0 Å². The first-order chi connectivity index (χ1) is 8.27. The van der Waals surface area contributed by atoms with Crippen LogP contribution >= 0.6 is 0 Å². The number of rotatable bonds is 3. The number of aliphatic hydroxyl groups is 4. The van der Waals surface area contributed by atoms with E-state index < -0.39 is 48.6 Å². The van der Waals surface area contributed by atoms with Crippen LogP contribution < -0.4 is 0 Å². The Balaban J connectivity index is 3.23. The summed E-state index contributed by atoms with van der Waals surface area (Å²) in [6.07, 6.45) is -6.96. The van der Waals surface area contributed by atoms with Gasteiger partial charge in [0.25, 0.3) is 0 Å². The van der Waals surface area contributed by atoms with E-state index >= 15 is 0 Å². The lowest BCUT2D eigenvalue weighted by molar-refractivity contribution is -0.313. The Morgan fingerprint density at radius 3 is 2.17 bits per heavy atom. The molecule has 4 N–H and O–H groups in total. The molecule has 0 saturated carbocycles. The van der Waals surface area contributed by atoms with Crippen LogP contribution in [0.5, 0.6) is 0 Å². The van der Waals surface area contributed by atoms with Gasteiger partial charge in [-0.15, -0.1) is 0 Å². The van der Waals surface area contributed by atoms with Crippen LogP contribution in [0.4, 0.5) is 0 Å². The molecular formula is C10H16O8. The number of carbonyl (C=O) groups is 2. The van der Waals surface area contributed by atoms with E-state index in [4.69, 9.17) is 14.6 Å². The van der Waals surface area contributed by atoms with E-state index in [0.717, 1.165) is 13.8 Å². The number of hydrogen-bond acceptors (Lipinski definition) is 8. The molecule has 0 spiro atoms. The first-order valence-corrected chi connectivity index (χ1v) is 5.28. The fourth-order valence-electron chi connectivity index (χ4n) is 1.98. The van der Waals surface area contributed by atoms with Crippen LogP contribution in [0, 0.1) is 0 Å². The highest BCUT2D eigenvalue weighted by Crippen LogP contribution is 2.33. The number of ether oxygens (including phenoxy) is 2. The van der Waals surface area contributed by atoms with Crippen molar-refractivity contribution in [1.29, 1.82) is 0 Å². The van der Waals surface area contributed by atoms with Crippen LogP contribution in [-0.2, 0) is 19.1 Å². The third-order valence-corrected chi connectivity index (χ3v) is 2.86. The van der Waals surface area contributed by atoms with Crippen LogP contribution in [0.15, 0.2) is 0 Å². The fraction of sp³-hybridized carbons (Fsp3) is 0.800. The van der Waals surface area contributed by atoms with Gasteiger partial charge in [-0.05, 0) is 6.92 Å². The topological polar surface area (TPSA) is 134 Å². The van der Waals surface area contributed by atoms with E-state index in [1.165, 1.54) is 0 Å². The van der Waals surface area contributed by atoms with E-state index in [1.807, 2.05) is 0 Å². The lowest BCUT2D eigenvalue weighted by Crippen LogP contribution is -2.71. The molecule has 0 aliphatic carbocycles. The number of carbonyl (C=O) groups excluding carboxylic acids is 2. The lowest BCUT2D eigenvalue weighted by atomic mass is 9.80. The Morgan fingerprint density at radius 1 is 1.22 bits per heavy atom. The maximum atomic E-state index is 11.6. The first kappa shape index (κ1) is 15.0. The number of ketones is 1. The predicted octanol–water partition coefficient (Wildman–Crippen LogP) is -2.69. The molecule has 104 valence electrons. The maximum absolute atomic E-state index is 11.6. The van der Waals surface area contributed by atoms with Crippen molar-refractivity contribution in [1.82, 2.24) is 0 Å². The Hall–Kier alpha value is -1.06. The number of hydrogen-bond donors (Lipinski definition) is 4. The SMILES string of the molecule is CC(=O)O[C@@]1(C(C)=O)[C@H](O)[C@@H](CO)O[C@H](O)[C@@H]1O. The summed E-state index contributed by atoms with van der Waals surface area (Å²) in [5, 5.41) is 38.1. The van der Waals surface area contributed by atoms with Gasteiger partial charge in [-0.2, -0.15) is 0 Å². The highest BCUT2D eigenvalue weighted by Gasteiger charge is 2.61. The standard InChI is InChI=1S/C10H16O8/c1-4(12)10(18-5(2)13)7(14)6(3-11)17-9(16)8(10)15/h6-9,11,14-16H,3H2,1-2H3/t6-,7-,8+,9+,10+/m1/s1. The lowest BCUT2D eigenvalue weighted by Gasteiger charge is -2.46. The van der Waals surface area contributed by atoms with Crippen LogP contribution in [0.3, 0.4) is 0 Å². The molecule has 1 saturated heterocycles. The van der Waals surface area contributed by atoms with Gasteiger partial charge in [-0.1, -0.05) is 0 Å². The number of aliphatic hydroxyl groups excluding tert-OH is 4. The second kappa shape index (κ2) is 5.29. The van der Waals surface area contributed by atoms with E-state index in [1.54, 1.807) is 0 Å². The van der Waals surface area contributed by atoms with Crippen molar-refractivity contribution >= 4 is 11.8 Å². The number of esters is 1. The van der Waals surface area contributed by atoms with E-state index in [0.29, 0.717) is 0 Å². The molecule has 1 fully saturated rings. The monoisotopic (exact) mass is 264 g/mol. The maximum Gasteiger partial charge on any atom is 0.303 e. The molecule has 0 aromatic heterocycles. The zero-order chi connectivity index (χ0) is 14.1. The van der Waals surface area contributed by atoms with Gasteiger partial charge in [0.05, 0.1) is 6.61 Å². The van der Waals surface area contributed by atoms with Crippen molar-refractivity contribution < 1.29 is 39.5 Å². The van der Waals surface area contributed by atoms with E-state index in [-0.39, 0.29) is 0 Å². The summed E-state index contributed by atoms with van der Waals surface area (Å²) in [5.41, 5.74) is -2.35. The zero-order valence-electron chi connectivity index (χ0n) is 9.94. The van der Waals surface area contributed by atoms with Crippen molar-refractivity contribution in [3.8, 4) is 0 Å². The van der Waals surface area contributed by atoms with Crippen LogP contribution in [0.25, 0.3) is 0 Å². The zero-order valence-corrected chi connectivity index (χ0v) is 9.94. The second-order valence-electron chi connectivity index (χ2n) is 4.08. The molecule has 0 bridgehead atoms. The summed E-state index contributed by atoms with van der Waals surface area (Å²) in [6, 6.07) is 0. The molecule has 0 unspecified atom stereocenters. The molecular weight excluding hydrogens is 248 g/mol. The minimum atomic E-state index is -2.35. The Labute approximate surface area is 103 Å². The van der Waals surface area contributed by atoms with Crippen molar-refractivity contribution in [3.05, 3.63) is 0 Å². The summed E-state index contributed by atoms with van der Waals surface area (Å²) in [7, 11) is 0. The van der Waals surface area contributed by atoms with E-state index in [2.05, 4.69) is 0 Å². The van der Waals surface area contributed by atoms with Gasteiger partial charge in [0, 0.05) is 6.92 Å².